The minimum absolute atomic E-state index is 0.588. The van der Waals surface area contributed by atoms with E-state index in [0.717, 1.165) is 32.8 Å². The SMILES string of the molecule is C=CCN(CCOC)CCC(C)NCC. The fourth-order valence-electron chi connectivity index (χ4n) is 1.52. The highest BCUT2D eigenvalue weighted by Gasteiger charge is 2.05. The number of nitrogens with one attached hydrogen (secondary N) is 1. The van der Waals surface area contributed by atoms with Crippen LogP contribution in [0.3, 0.4) is 0 Å². The van der Waals surface area contributed by atoms with Crippen molar-refractivity contribution in [1.29, 1.82) is 0 Å². The van der Waals surface area contributed by atoms with Gasteiger partial charge in [0.05, 0.1) is 6.61 Å². The van der Waals surface area contributed by atoms with Gasteiger partial charge in [0.2, 0.25) is 0 Å². The van der Waals surface area contributed by atoms with E-state index >= 15 is 0 Å². The Morgan fingerprint density at radius 1 is 1.47 bits per heavy atom. The van der Waals surface area contributed by atoms with Crippen LogP contribution < -0.4 is 5.32 Å². The van der Waals surface area contributed by atoms with Crippen LogP contribution in [0, 0.1) is 0 Å². The molecular weight excluding hydrogens is 188 g/mol. The Bertz CT molecular complexity index is 151. The van der Waals surface area contributed by atoms with Crippen LogP contribution in [0.25, 0.3) is 0 Å². The number of ether oxygens (including phenoxy) is 1. The Kier molecular flexibility index (Phi) is 9.89. The normalized spacial score (nSPS) is 13.1. The zero-order chi connectivity index (χ0) is 11.5. The molecule has 15 heavy (non-hydrogen) atoms. The van der Waals surface area contributed by atoms with Gasteiger partial charge in [-0.25, -0.2) is 0 Å². The van der Waals surface area contributed by atoms with Crippen LogP contribution in [-0.2, 0) is 4.74 Å². The summed E-state index contributed by atoms with van der Waals surface area (Å²) in [6.45, 7) is 13.0. The predicted octanol–water partition coefficient (Wildman–Crippen LogP) is 1.51. The molecule has 0 bridgehead atoms. The molecule has 1 atom stereocenters. The highest BCUT2D eigenvalue weighted by atomic mass is 16.5. The summed E-state index contributed by atoms with van der Waals surface area (Å²) >= 11 is 0. The molecule has 0 radical (unpaired) electrons. The van der Waals surface area contributed by atoms with Gasteiger partial charge in [-0.15, -0.1) is 6.58 Å². The lowest BCUT2D eigenvalue weighted by Gasteiger charge is -2.22. The number of nitrogens with zero attached hydrogens (tertiary/aromatic N) is 1. The molecule has 0 rings (SSSR count). The van der Waals surface area contributed by atoms with Crippen molar-refractivity contribution in [2.75, 3.05) is 39.9 Å². The molecular formula is C12H26N2O. The summed E-state index contributed by atoms with van der Waals surface area (Å²) < 4.78 is 5.08. The highest BCUT2D eigenvalue weighted by Crippen LogP contribution is 1.96. The molecule has 0 aromatic heterocycles. The van der Waals surface area contributed by atoms with E-state index in [9.17, 15) is 0 Å². The quantitative estimate of drug-likeness (QED) is 0.558. The van der Waals surface area contributed by atoms with Crippen molar-refractivity contribution in [3.8, 4) is 0 Å². The van der Waals surface area contributed by atoms with Gasteiger partial charge >= 0.3 is 0 Å². The number of hydrogen-bond donors (Lipinski definition) is 1. The molecule has 0 amide bonds. The van der Waals surface area contributed by atoms with Gasteiger partial charge in [-0.1, -0.05) is 13.0 Å². The molecule has 0 aliphatic rings. The van der Waals surface area contributed by atoms with E-state index in [1.54, 1.807) is 7.11 Å². The molecule has 0 spiro atoms. The van der Waals surface area contributed by atoms with Gasteiger partial charge in [-0.3, -0.25) is 4.90 Å². The molecule has 1 N–H and O–H groups in total. The maximum absolute atomic E-state index is 5.08. The van der Waals surface area contributed by atoms with Crippen molar-refractivity contribution in [1.82, 2.24) is 10.2 Å². The van der Waals surface area contributed by atoms with E-state index in [1.165, 1.54) is 6.42 Å². The van der Waals surface area contributed by atoms with Crippen LogP contribution in [0.15, 0.2) is 12.7 Å². The average Bonchev–Trinajstić information content (AvgIpc) is 2.22. The van der Waals surface area contributed by atoms with E-state index in [-0.39, 0.29) is 0 Å². The van der Waals surface area contributed by atoms with Crippen LogP contribution in [0.2, 0.25) is 0 Å². The largest absolute Gasteiger partial charge is 0.383 e. The number of rotatable bonds is 10. The second-order valence-electron chi connectivity index (χ2n) is 3.83. The van der Waals surface area contributed by atoms with Crippen molar-refractivity contribution in [3.05, 3.63) is 12.7 Å². The third kappa shape index (κ3) is 8.60. The Labute approximate surface area is 94.5 Å². The summed E-state index contributed by atoms with van der Waals surface area (Å²) in [6.07, 6.45) is 3.12. The summed E-state index contributed by atoms with van der Waals surface area (Å²) in [7, 11) is 1.74. The van der Waals surface area contributed by atoms with Crippen molar-refractivity contribution in [2.45, 2.75) is 26.3 Å². The Morgan fingerprint density at radius 3 is 2.73 bits per heavy atom. The molecule has 0 heterocycles. The van der Waals surface area contributed by atoms with E-state index in [2.05, 4.69) is 30.6 Å². The highest BCUT2D eigenvalue weighted by molar-refractivity contribution is 4.74. The summed E-state index contributed by atoms with van der Waals surface area (Å²) in [5.74, 6) is 0. The molecule has 0 saturated heterocycles. The molecule has 0 aliphatic heterocycles. The molecule has 1 unspecified atom stereocenters. The van der Waals surface area contributed by atoms with Crippen LogP contribution in [0.1, 0.15) is 20.3 Å². The lowest BCUT2D eigenvalue weighted by Crippen LogP contribution is -2.34. The fraction of sp³-hybridized carbons (Fsp3) is 0.833. The zero-order valence-electron chi connectivity index (χ0n) is 10.5. The summed E-state index contributed by atoms with van der Waals surface area (Å²) in [5.41, 5.74) is 0. The van der Waals surface area contributed by atoms with Crippen LogP contribution in [-0.4, -0.2) is 50.8 Å². The first-order chi connectivity index (χ1) is 7.24. The minimum atomic E-state index is 0.588. The first-order valence-electron chi connectivity index (χ1n) is 5.80. The molecule has 0 aromatic carbocycles. The molecule has 0 fully saturated rings. The van der Waals surface area contributed by atoms with Gasteiger partial charge in [0, 0.05) is 32.8 Å². The zero-order valence-corrected chi connectivity index (χ0v) is 10.5. The third-order valence-electron chi connectivity index (χ3n) is 2.43. The van der Waals surface area contributed by atoms with Gasteiger partial charge in [-0.2, -0.15) is 0 Å². The minimum Gasteiger partial charge on any atom is -0.383 e. The van der Waals surface area contributed by atoms with E-state index in [1.807, 2.05) is 6.08 Å². The molecule has 0 aromatic rings. The van der Waals surface area contributed by atoms with Gasteiger partial charge in [-0.05, 0) is 19.9 Å². The Balaban J connectivity index is 3.68. The molecule has 0 aliphatic carbocycles. The Morgan fingerprint density at radius 2 is 2.20 bits per heavy atom. The van der Waals surface area contributed by atoms with Crippen LogP contribution in [0.4, 0.5) is 0 Å². The monoisotopic (exact) mass is 214 g/mol. The second kappa shape index (κ2) is 10.1. The summed E-state index contributed by atoms with van der Waals surface area (Å²) in [4.78, 5) is 2.37. The number of hydrogen-bond acceptors (Lipinski definition) is 3. The standard InChI is InChI=1S/C12H26N2O/c1-5-8-14(10-11-15-4)9-7-12(3)13-6-2/h5,12-13H,1,6-11H2,2-4H3. The molecule has 3 heteroatoms. The first-order valence-corrected chi connectivity index (χ1v) is 5.80. The van der Waals surface area contributed by atoms with E-state index in [4.69, 9.17) is 4.74 Å². The van der Waals surface area contributed by atoms with E-state index < -0.39 is 0 Å². The topological polar surface area (TPSA) is 24.5 Å². The average molecular weight is 214 g/mol. The van der Waals surface area contributed by atoms with Crippen LogP contribution >= 0.6 is 0 Å². The fourth-order valence-corrected chi connectivity index (χ4v) is 1.52. The van der Waals surface area contributed by atoms with Crippen molar-refractivity contribution in [2.24, 2.45) is 0 Å². The van der Waals surface area contributed by atoms with Gasteiger partial charge in [0.15, 0.2) is 0 Å². The van der Waals surface area contributed by atoms with Gasteiger partial charge < -0.3 is 10.1 Å². The second-order valence-corrected chi connectivity index (χ2v) is 3.83. The molecule has 0 saturated carbocycles. The molecule has 3 nitrogen and oxygen atoms in total. The van der Waals surface area contributed by atoms with Gasteiger partial charge in [0.25, 0.3) is 0 Å². The first kappa shape index (κ1) is 14.6. The lowest BCUT2D eigenvalue weighted by molar-refractivity contribution is 0.152. The maximum atomic E-state index is 5.08. The third-order valence-corrected chi connectivity index (χ3v) is 2.43. The molecule has 90 valence electrons. The van der Waals surface area contributed by atoms with Crippen molar-refractivity contribution in [3.63, 3.8) is 0 Å². The van der Waals surface area contributed by atoms with Crippen molar-refractivity contribution >= 4 is 0 Å². The smallest absolute Gasteiger partial charge is 0.0589 e. The number of methoxy groups -OCH3 is 1. The van der Waals surface area contributed by atoms with Crippen LogP contribution in [0.5, 0.6) is 0 Å². The summed E-state index contributed by atoms with van der Waals surface area (Å²) in [5, 5.41) is 3.42. The predicted molar refractivity (Wildman–Crippen MR) is 66.3 cm³/mol. The van der Waals surface area contributed by atoms with Crippen molar-refractivity contribution < 1.29 is 4.74 Å². The lowest BCUT2D eigenvalue weighted by atomic mass is 10.2. The maximum Gasteiger partial charge on any atom is 0.0589 e. The summed E-state index contributed by atoms with van der Waals surface area (Å²) in [6, 6.07) is 0.588. The van der Waals surface area contributed by atoms with E-state index in [0.29, 0.717) is 6.04 Å². The Hall–Kier alpha value is -0.380. The van der Waals surface area contributed by atoms with Gasteiger partial charge in [0.1, 0.15) is 0 Å².